The standard InChI is InChI=1S/C20H14F2N4O/c21-15-6-14(7-16(22)9-15)18-10-19(26-25-18)24-20(27)8-12-2-1-3-13-11-23-5-4-17(12)13/h1-7,9-11H,8H2,(H2,24,25,26,27). The smallest absolute Gasteiger partial charge is 0.230 e. The van der Waals surface area contributed by atoms with Gasteiger partial charge in [-0.2, -0.15) is 5.10 Å². The lowest BCUT2D eigenvalue weighted by molar-refractivity contribution is -0.115. The van der Waals surface area contributed by atoms with Crippen molar-refractivity contribution in [2.75, 3.05) is 5.32 Å². The molecule has 0 spiro atoms. The molecule has 0 atom stereocenters. The summed E-state index contributed by atoms with van der Waals surface area (Å²) in [5.41, 5.74) is 1.58. The van der Waals surface area contributed by atoms with Crippen LogP contribution in [0.15, 0.2) is 60.9 Å². The Balaban J connectivity index is 1.51. The zero-order valence-corrected chi connectivity index (χ0v) is 14.0. The number of anilines is 1. The van der Waals surface area contributed by atoms with Gasteiger partial charge in [0.05, 0.1) is 12.1 Å². The van der Waals surface area contributed by atoms with Crippen LogP contribution in [0.2, 0.25) is 0 Å². The SMILES string of the molecule is O=C(Cc1cccc2cnccc12)Nc1cc(-c2cc(F)cc(F)c2)[nH]n1. The predicted octanol–water partition coefficient (Wildman–Crippen LogP) is 4.08. The van der Waals surface area contributed by atoms with E-state index in [4.69, 9.17) is 0 Å². The number of amides is 1. The van der Waals surface area contributed by atoms with Gasteiger partial charge >= 0.3 is 0 Å². The van der Waals surface area contributed by atoms with Gasteiger partial charge in [-0.05, 0) is 29.1 Å². The fraction of sp³-hybridized carbons (Fsp3) is 0.0500. The summed E-state index contributed by atoms with van der Waals surface area (Å²) in [5.74, 6) is -1.34. The molecule has 134 valence electrons. The van der Waals surface area contributed by atoms with Gasteiger partial charge in [0.2, 0.25) is 5.91 Å². The summed E-state index contributed by atoms with van der Waals surface area (Å²) in [5, 5.41) is 11.3. The Morgan fingerprint density at radius 1 is 1.07 bits per heavy atom. The molecule has 5 nitrogen and oxygen atoms in total. The van der Waals surface area contributed by atoms with Gasteiger partial charge in [-0.3, -0.25) is 14.9 Å². The molecule has 0 saturated carbocycles. The van der Waals surface area contributed by atoms with Crippen LogP contribution in [0.4, 0.5) is 14.6 Å². The minimum absolute atomic E-state index is 0.165. The van der Waals surface area contributed by atoms with Crippen molar-refractivity contribution in [1.29, 1.82) is 0 Å². The number of nitrogens with zero attached hydrogens (tertiary/aromatic N) is 2. The Kier molecular flexibility index (Phi) is 4.33. The first-order chi connectivity index (χ1) is 13.1. The highest BCUT2D eigenvalue weighted by Crippen LogP contribution is 2.22. The third kappa shape index (κ3) is 3.67. The topological polar surface area (TPSA) is 70.7 Å². The largest absolute Gasteiger partial charge is 0.309 e. The third-order valence-corrected chi connectivity index (χ3v) is 4.14. The molecule has 0 radical (unpaired) electrons. The fourth-order valence-electron chi connectivity index (χ4n) is 2.95. The maximum atomic E-state index is 13.4. The lowest BCUT2D eigenvalue weighted by Crippen LogP contribution is -2.14. The molecule has 4 aromatic rings. The number of aromatic nitrogens is 3. The highest BCUT2D eigenvalue weighted by Gasteiger charge is 2.11. The average molecular weight is 364 g/mol. The molecular formula is C20H14F2N4O. The molecule has 2 aromatic heterocycles. The highest BCUT2D eigenvalue weighted by atomic mass is 19.1. The maximum Gasteiger partial charge on any atom is 0.230 e. The number of nitrogens with one attached hydrogen (secondary N) is 2. The van der Waals surface area contributed by atoms with E-state index in [1.807, 2.05) is 24.3 Å². The van der Waals surface area contributed by atoms with Crippen LogP contribution in [0.25, 0.3) is 22.0 Å². The van der Waals surface area contributed by atoms with E-state index in [1.165, 1.54) is 18.2 Å². The molecule has 0 aliphatic heterocycles. The predicted molar refractivity (Wildman–Crippen MR) is 98.0 cm³/mol. The number of rotatable bonds is 4. The summed E-state index contributed by atoms with van der Waals surface area (Å²) in [6.45, 7) is 0. The molecule has 2 aromatic carbocycles. The monoisotopic (exact) mass is 364 g/mol. The van der Waals surface area contributed by atoms with Crippen molar-refractivity contribution >= 4 is 22.5 Å². The molecule has 4 rings (SSSR count). The van der Waals surface area contributed by atoms with Gasteiger partial charge in [0, 0.05) is 35.5 Å². The van der Waals surface area contributed by atoms with Gasteiger partial charge < -0.3 is 5.32 Å². The number of hydrogen-bond acceptors (Lipinski definition) is 3. The normalized spacial score (nSPS) is 10.9. The van der Waals surface area contributed by atoms with E-state index < -0.39 is 11.6 Å². The number of benzene rings is 2. The molecule has 0 saturated heterocycles. The van der Waals surface area contributed by atoms with Crippen LogP contribution in [0, 0.1) is 11.6 Å². The van der Waals surface area contributed by atoms with Crippen molar-refractivity contribution in [2.24, 2.45) is 0 Å². The lowest BCUT2D eigenvalue weighted by atomic mass is 10.0. The Morgan fingerprint density at radius 2 is 1.89 bits per heavy atom. The number of carbonyl (C=O) groups is 1. The van der Waals surface area contributed by atoms with E-state index in [2.05, 4.69) is 20.5 Å². The van der Waals surface area contributed by atoms with Crippen molar-refractivity contribution < 1.29 is 13.6 Å². The molecule has 7 heteroatoms. The quantitative estimate of drug-likeness (QED) is 0.573. The second kappa shape index (κ2) is 6.95. The summed E-state index contributed by atoms with van der Waals surface area (Å²) >= 11 is 0. The molecule has 0 aliphatic rings. The van der Waals surface area contributed by atoms with Gasteiger partial charge in [0.15, 0.2) is 5.82 Å². The lowest BCUT2D eigenvalue weighted by Gasteiger charge is -2.06. The summed E-state index contributed by atoms with van der Waals surface area (Å²) < 4.78 is 26.7. The van der Waals surface area contributed by atoms with Crippen LogP contribution in [0.1, 0.15) is 5.56 Å². The number of hydrogen-bond donors (Lipinski definition) is 2. The first-order valence-corrected chi connectivity index (χ1v) is 8.22. The maximum absolute atomic E-state index is 13.4. The van der Waals surface area contributed by atoms with Gasteiger partial charge in [0.1, 0.15) is 11.6 Å². The fourth-order valence-corrected chi connectivity index (χ4v) is 2.95. The third-order valence-electron chi connectivity index (χ3n) is 4.14. The number of halogens is 2. The Morgan fingerprint density at radius 3 is 2.70 bits per heavy atom. The van der Waals surface area contributed by atoms with Gasteiger partial charge in [-0.1, -0.05) is 18.2 Å². The molecular weight excluding hydrogens is 350 g/mol. The van der Waals surface area contributed by atoms with E-state index in [-0.39, 0.29) is 18.1 Å². The zero-order chi connectivity index (χ0) is 18.8. The van der Waals surface area contributed by atoms with E-state index in [1.54, 1.807) is 12.4 Å². The van der Waals surface area contributed by atoms with Crippen molar-refractivity contribution in [1.82, 2.24) is 15.2 Å². The Bertz CT molecular complexity index is 1110. The molecule has 2 heterocycles. The van der Waals surface area contributed by atoms with Crippen molar-refractivity contribution in [3.8, 4) is 11.3 Å². The molecule has 0 aliphatic carbocycles. The summed E-state index contributed by atoms with van der Waals surface area (Å²) in [6.07, 6.45) is 3.59. The van der Waals surface area contributed by atoms with E-state index >= 15 is 0 Å². The van der Waals surface area contributed by atoms with E-state index in [0.717, 1.165) is 22.4 Å². The van der Waals surface area contributed by atoms with Gasteiger partial charge in [-0.25, -0.2) is 8.78 Å². The molecule has 1 amide bonds. The molecule has 27 heavy (non-hydrogen) atoms. The Hall–Kier alpha value is -3.61. The number of fused-ring (bicyclic) bond motifs is 1. The second-order valence-electron chi connectivity index (χ2n) is 6.06. The van der Waals surface area contributed by atoms with Crippen LogP contribution in [-0.4, -0.2) is 21.1 Å². The first-order valence-electron chi connectivity index (χ1n) is 8.22. The molecule has 0 unspecified atom stereocenters. The van der Waals surface area contributed by atoms with Gasteiger partial charge in [0.25, 0.3) is 0 Å². The van der Waals surface area contributed by atoms with Crippen LogP contribution in [0.3, 0.4) is 0 Å². The summed E-state index contributed by atoms with van der Waals surface area (Å²) in [6, 6.07) is 12.2. The molecule has 0 bridgehead atoms. The van der Waals surface area contributed by atoms with E-state index in [0.29, 0.717) is 11.3 Å². The minimum Gasteiger partial charge on any atom is -0.309 e. The number of aromatic amines is 1. The van der Waals surface area contributed by atoms with Gasteiger partial charge in [-0.15, -0.1) is 0 Å². The molecule has 0 fully saturated rings. The van der Waals surface area contributed by atoms with E-state index in [9.17, 15) is 13.6 Å². The Labute approximate surface area is 153 Å². The average Bonchev–Trinajstić information content (AvgIpc) is 3.10. The van der Waals surface area contributed by atoms with Crippen LogP contribution < -0.4 is 5.32 Å². The number of H-pyrrole nitrogens is 1. The van der Waals surface area contributed by atoms with Crippen LogP contribution in [-0.2, 0) is 11.2 Å². The van der Waals surface area contributed by atoms with Crippen molar-refractivity contribution in [2.45, 2.75) is 6.42 Å². The van der Waals surface area contributed by atoms with Crippen LogP contribution in [0.5, 0.6) is 0 Å². The van der Waals surface area contributed by atoms with Crippen molar-refractivity contribution in [3.63, 3.8) is 0 Å². The first kappa shape index (κ1) is 16.8. The summed E-state index contributed by atoms with van der Waals surface area (Å²) in [4.78, 5) is 16.5. The van der Waals surface area contributed by atoms with Crippen molar-refractivity contribution in [3.05, 3.63) is 78.1 Å². The zero-order valence-electron chi connectivity index (χ0n) is 14.0. The number of pyridine rings is 1. The number of carbonyl (C=O) groups excluding carboxylic acids is 1. The second-order valence-corrected chi connectivity index (χ2v) is 6.06. The minimum atomic E-state index is -0.685. The molecule has 2 N–H and O–H groups in total. The summed E-state index contributed by atoms with van der Waals surface area (Å²) in [7, 11) is 0. The highest BCUT2D eigenvalue weighted by molar-refractivity contribution is 5.95. The van der Waals surface area contributed by atoms with Crippen LogP contribution >= 0.6 is 0 Å².